The van der Waals surface area contributed by atoms with E-state index >= 15 is 0 Å². The molecular formula is C16H25ClN2O. The molecule has 0 aromatic heterocycles. The molecule has 0 heterocycles. The lowest BCUT2D eigenvalue weighted by Gasteiger charge is -2.17. The van der Waals surface area contributed by atoms with Gasteiger partial charge in [0, 0.05) is 11.4 Å². The van der Waals surface area contributed by atoms with E-state index in [0.717, 1.165) is 24.8 Å². The summed E-state index contributed by atoms with van der Waals surface area (Å²) < 4.78 is 0. The number of carbonyl (C=O) groups excluding carboxylic acids is 1. The largest absolute Gasteiger partial charge is 0.350 e. The Kier molecular flexibility index (Phi) is 7.63. The molecule has 0 spiro atoms. The van der Waals surface area contributed by atoms with E-state index in [2.05, 4.69) is 12.2 Å². The highest BCUT2D eigenvalue weighted by Gasteiger charge is 2.12. The van der Waals surface area contributed by atoms with Crippen LogP contribution in [-0.4, -0.2) is 12.5 Å². The SMILES string of the molecule is CCC(CCN)CCC(=O)NC(C)c1cccc(Cl)c1. The van der Waals surface area contributed by atoms with Crippen molar-refractivity contribution in [2.45, 2.75) is 45.6 Å². The Morgan fingerprint density at radius 1 is 1.40 bits per heavy atom. The van der Waals surface area contributed by atoms with Crippen LogP contribution in [0.1, 0.15) is 51.1 Å². The maximum Gasteiger partial charge on any atom is 0.220 e. The number of rotatable bonds is 8. The van der Waals surface area contributed by atoms with Crippen molar-refractivity contribution >= 4 is 17.5 Å². The molecular weight excluding hydrogens is 272 g/mol. The quantitative estimate of drug-likeness (QED) is 0.769. The van der Waals surface area contributed by atoms with Gasteiger partial charge in [-0.25, -0.2) is 0 Å². The molecule has 0 radical (unpaired) electrons. The van der Waals surface area contributed by atoms with Gasteiger partial charge in [0.05, 0.1) is 6.04 Å². The zero-order valence-corrected chi connectivity index (χ0v) is 13.1. The van der Waals surface area contributed by atoms with Gasteiger partial charge in [-0.3, -0.25) is 4.79 Å². The third kappa shape index (κ3) is 5.93. The van der Waals surface area contributed by atoms with Gasteiger partial charge in [-0.2, -0.15) is 0 Å². The second-order valence-electron chi connectivity index (χ2n) is 5.23. The topological polar surface area (TPSA) is 55.1 Å². The first-order valence-corrected chi connectivity index (χ1v) is 7.69. The fourth-order valence-electron chi connectivity index (χ4n) is 2.30. The molecule has 0 saturated heterocycles. The summed E-state index contributed by atoms with van der Waals surface area (Å²) in [6.07, 6.45) is 3.53. The van der Waals surface area contributed by atoms with Crippen LogP contribution in [0.4, 0.5) is 0 Å². The lowest BCUT2D eigenvalue weighted by atomic mass is 9.96. The molecule has 0 aliphatic carbocycles. The molecule has 4 heteroatoms. The summed E-state index contributed by atoms with van der Waals surface area (Å²) in [5, 5.41) is 3.71. The molecule has 1 amide bonds. The summed E-state index contributed by atoms with van der Waals surface area (Å²) in [5.41, 5.74) is 6.60. The normalized spacial score (nSPS) is 13.8. The van der Waals surface area contributed by atoms with Crippen molar-refractivity contribution in [1.82, 2.24) is 5.32 Å². The zero-order chi connectivity index (χ0) is 15.0. The Labute approximate surface area is 126 Å². The molecule has 2 atom stereocenters. The van der Waals surface area contributed by atoms with Crippen molar-refractivity contribution in [2.75, 3.05) is 6.54 Å². The average molecular weight is 297 g/mol. The number of hydrogen-bond donors (Lipinski definition) is 2. The number of halogens is 1. The van der Waals surface area contributed by atoms with E-state index in [1.807, 2.05) is 31.2 Å². The van der Waals surface area contributed by atoms with Crippen LogP contribution in [-0.2, 0) is 4.79 Å². The van der Waals surface area contributed by atoms with Crippen LogP contribution < -0.4 is 11.1 Å². The van der Waals surface area contributed by atoms with E-state index in [-0.39, 0.29) is 11.9 Å². The summed E-state index contributed by atoms with van der Waals surface area (Å²) in [7, 11) is 0. The van der Waals surface area contributed by atoms with Crippen molar-refractivity contribution in [1.29, 1.82) is 0 Å². The van der Waals surface area contributed by atoms with Crippen LogP contribution in [0, 0.1) is 5.92 Å². The van der Waals surface area contributed by atoms with Gasteiger partial charge in [0.1, 0.15) is 0 Å². The van der Waals surface area contributed by atoms with E-state index in [0.29, 0.717) is 23.9 Å². The Morgan fingerprint density at radius 2 is 2.15 bits per heavy atom. The van der Waals surface area contributed by atoms with Gasteiger partial charge in [0.25, 0.3) is 0 Å². The zero-order valence-electron chi connectivity index (χ0n) is 12.4. The molecule has 3 nitrogen and oxygen atoms in total. The highest BCUT2D eigenvalue weighted by atomic mass is 35.5. The van der Waals surface area contributed by atoms with Crippen molar-refractivity contribution in [3.05, 3.63) is 34.9 Å². The van der Waals surface area contributed by atoms with Crippen molar-refractivity contribution in [2.24, 2.45) is 11.7 Å². The first-order valence-electron chi connectivity index (χ1n) is 7.31. The van der Waals surface area contributed by atoms with Crippen molar-refractivity contribution < 1.29 is 4.79 Å². The smallest absolute Gasteiger partial charge is 0.220 e. The number of nitrogens with one attached hydrogen (secondary N) is 1. The number of hydrogen-bond acceptors (Lipinski definition) is 2. The molecule has 1 rings (SSSR count). The van der Waals surface area contributed by atoms with Gasteiger partial charge >= 0.3 is 0 Å². The summed E-state index contributed by atoms with van der Waals surface area (Å²) in [6.45, 7) is 4.81. The lowest BCUT2D eigenvalue weighted by molar-refractivity contribution is -0.122. The van der Waals surface area contributed by atoms with Crippen molar-refractivity contribution in [3.63, 3.8) is 0 Å². The van der Waals surface area contributed by atoms with Gasteiger partial charge in [-0.1, -0.05) is 37.1 Å². The first kappa shape index (κ1) is 17.0. The Balaban J connectivity index is 2.42. The summed E-state index contributed by atoms with van der Waals surface area (Å²) in [6, 6.07) is 7.57. The number of nitrogens with two attached hydrogens (primary N) is 1. The van der Waals surface area contributed by atoms with Gasteiger partial charge in [-0.15, -0.1) is 0 Å². The Morgan fingerprint density at radius 3 is 2.75 bits per heavy atom. The molecule has 3 N–H and O–H groups in total. The van der Waals surface area contributed by atoms with E-state index in [1.165, 1.54) is 0 Å². The Bertz CT molecular complexity index is 423. The van der Waals surface area contributed by atoms with Crippen LogP contribution in [0.2, 0.25) is 5.02 Å². The Hall–Kier alpha value is -1.06. The molecule has 0 fully saturated rings. The van der Waals surface area contributed by atoms with Crippen LogP contribution in [0.5, 0.6) is 0 Å². The van der Waals surface area contributed by atoms with E-state index in [9.17, 15) is 4.79 Å². The molecule has 20 heavy (non-hydrogen) atoms. The molecule has 112 valence electrons. The minimum absolute atomic E-state index is 0.0178. The van der Waals surface area contributed by atoms with E-state index in [4.69, 9.17) is 17.3 Å². The monoisotopic (exact) mass is 296 g/mol. The molecule has 1 aromatic rings. The second-order valence-corrected chi connectivity index (χ2v) is 5.67. The van der Waals surface area contributed by atoms with E-state index < -0.39 is 0 Å². The fraction of sp³-hybridized carbons (Fsp3) is 0.562. The highest BCUT2D eigenvalue weighted by Crippen LogP contribution is 2.18. The van der Waals surface area contributed by atoms with E-state index in [1.54, 1.807) is 0 Å². The predicted octanol–water partition coefficient (Wildman–Crippen LogP) is 3.67. The standard InChI is InChI=1S/C16H25ClN2O/c1-3-13(9-10-18)7-8-16(20)19-12(2)14-5-4-6-15(17)11-14/h4-6,11-13H,3,7-10,18H2,1-2H3,(H,19,20). The van der Waals surface area contributed by atoms with Crippen LogP contribution >= 0.6 is 11.6 Å². The summed E-state index contributed by atoms with van der Waals surface area (Å²) in [5.74, 6) is 0.639. The summed E-state index contributed by atoms with van der Waals surface area (Å²) >= 11 is 5.96. The van der Waals surface area contributed by atoms with Gasteiger partial charge < -0.3 is 11.1 Å². The third-order valence-corrected chi connectivity index (χ3v) is 3.89. The second kappa shape index (κ2) is 8.98. The minimum atomic E-state index is -0.0178. The molecule has 1 aromatic carbocycles. The number of amides is 1. The molecule has 0 aliphatic rings. The minimum Gasteiger partial charge on any atom is -0.350 e. The number of carbonyl (C=O) groups is 1. The first-order chi connectivity index (χ1) is 9.56. The summed E-state index contributed by atoms with van der Waals surface area (Å²) in [4.78, 5) is 12.0. The molecule has 0 aliphatic heterocycles. The van der Waals surface area contributed by atoms with Gasteiger partial charge in [-0.05, 0) is 49.9 Å². The van der Waals surface area contributed by atoms with Gasteiger partial charge in [0.15, 0.2) is 0 Å². The molecule has 0 saturated carbocycles. The number of benzene rings is 1. The van der Waals surface area contributed by atoms with Crippen LogP contribution in [0.15, 0.2) is 24.3 Å². The predicted molar refractivity (Wildman–Crippen MR) is 84.7 cm³/mol. The van der Waals surface area contributed by atoms with Crippen LogP contribution in [0.25, 0.3) is 0 Å². The molecule has 0 bridgehead atoms. The molecule has 2 unspecified atom stereocenters. The van der Waals surface area contributed by atoms with Crippen LogP contribution in [0.3, 0.4) is 0 Å². The third-order valence-electron chi connectivity index (χ3n) is 3.66. The van der Waals surface area contributed by atoms with Gasteiger partial charge in [0.2, 0.25) is 5.91 Å². The maximum atomic E-state index is 12.0. The van der Waals surface area contributed by atoms with Crippen molar-refractivity contribution in [3.8, 4) is 0 Å². The highest BCUT2D eigenvalue weighted by molar-refractivity contribution is 6.30. The fourth-order valence-corrected chi connectivity index (χ4v) is 2.50. The average Bonchev–Trinajstić information content (AvgIpc) is 2.43. The lowest BCUT2D eigenvalue weighted by Crippen LogP contribution is -2.27. The maximum absolute atomic E-state index is 12.0.